The van der Waals surface area contributed by atoms with Gasteiger partial charge in [-0.2, -0.15) is 44.4 Å². The second kappa shape index (κ2) is 16.3. The number of allylic oxidation sites excluding steroid dienone is 2. The van der Waals surface area contributed by atoms with Crippen molar-refractivity contribution in [3.05, 3.63) is 148 Å². The van der Waals surface area contributed by atoms with Crippen LogP contribution in [0.4, 0.5) is 24.8 Å². The highest BCUT2D eigenvalue weighted by Crippen LogP contribution is 2.35. The maximum Gasteiger partial charge on any atom is 0.416 e. The molecule has 0 saturated carbocycles. The maximum absolute atomic E-state index is 13.2. The lowest BCUT2D eigenvalue weighted by Crippen LogP contribution is -2.07. The Bertz CT molecular complexity index is 2540. The van der Waals surface area contributed by atoms with Crippen molar-refractivity contribution >= 4 is 34.9 Å². The van der Waals surface area contributed by atoms with Crippen molar-refractivity contribution in [2.24, 2.45) is 0 Å². The van der Waals surface area contributed by atoms with E-state index in [1.54, 1.807) is 49.6 Å². The number of nitrogens with zero attached hydrogens (tertiary/aromatic N) is 8. The summed E-state index contributed by atoms with van der Waals surface area (Å²) >= 11 is 0. The number of halogens is 3. The number of rotatable bonds is 7. The number of nitrogens with two attached hydrogens (primary N) is 2. The summed E-state index contributed by atoms with van der Waals surface area (Å²) in [6, 6.07) is 37.9. The molecule has 0 aliphatic heterocycles. The Morgan fingerprint density at radius 2 is 1.04 bits per heavy atom. The monoisotopic (exact) mass is 720 g/mol. The largest absolute Gasteiger partial charge is 0.496 e. The molecule has 0 bridgehead atoms. The number of alkyl halides is 3. The van der Waals surface area contributed by atoms with E-state index in [2.05, 4.69) is 22.3 Å². The van der Waals surface area contributed by atoms with Gasteiger partial charge in [0.2, 0.25) is 0 Å². The maximum atomic E-state index is 13.2. The average molecular weight is 721 g/mol. The third-order valence-corrected chi connectivity index (χ3v) is 7.82. The first kappa shape index (κ1) is 37.2. The molecular formula is C40H27F3N10O. The van der Waals surface area contributed by atoms with Crippen LogP contribution < -0.4 is 16.2 Å². The van der Waals surface area contributed by atoms with Crippen molar-refractivity contribution in [2.75, 3.05) is 18.6 Å². The quantitative estimate of drug-likeness (QED) is 0.155. The van der Waals surface area contributed by atoms with Crippen LogP contribution in [0.2, 0.25) is 0 Å². The van der Waals surface area contributed by atoms with Crippen LogP contribution in [0.15, 0.2) is 109 Å². The summed E-state index contributed by atoms with van der Waals surface area (Å²) in [5.74, 6) is 0.804. The SMILES string of the molecule is COc1ccccc1/C=C(\C#N)c1nn(-c2ccccc2)c(N)c1C#N.N#C/C(=C\c1ccccc1C(F)(F)F)c1nn(-c2ccccc2)c(N)c1C#N. The lowest BCUT2D eigenvalue weighted by atomic mass is 10.0. The molecule has 0 amide bonds. The summed E-state index contributed by atoms with van der Waals surface area (Å²) in [6.45, 7) is 0. The molecule has 264 valence electrons. The first-order chi connectivity index (χ1) is 26.1. The van der Waals surface area contributed by atoms with Gasteiger partial charge in [-0.1, -0.05) is 72.8 Å². The topological polar surface area (TPSA) is 192 Å². The molecule has 0 radical (unpaired) electrons. The van der Waals surface area contributed by atoms with Crippen LogP contribution in [0.1, 0.15) is 39.2 Å². The number of anilines is 2. The molecule has 54 heavy (non-hydrogen) atoms. The molecule has 2 aromatic heterocycles. The molecule has 6 rings (SSSR count). The van der Waals surface area contributed by atoms with Crippen LogP contribution in [0, 0.1) is 45.3 Å². The molecule has 11 nitrogen and oxygen atoms in total. The Kier molecular flexibility index (Phi) is 11.2. The minimum atomic E-state index is -4.59. The van der Waals surface area contributed by atoms with E-state index in [1.165, 1.54) is 27.6 Å². The van der Waals surface area contributed by atoms with Gasteiger partial charge in [0.1, 0.15) is 64.2 Å². The zero-order valence-electron chi connectivity index (χ0n) is 28.3. The molecule has 0 saturated heterocycles. The van der Waals surface area contributed by atoms with Gasteiger partial charge < -0.3 is 16.2 Å². The lowest BCUT2D eigenvalue weighted by Gasteiger charge is -2.10. The lowest BCUT2D eigenvalue weighted by molar-refractivity contribution is -0.137. The summed E-state index contributed by atoms with van der Waals surface area (Å²) < 4.78 is 47.8. The van der Waals surface area contributed by atoms with Gasteiger partial charge in [-0.15, -0.1) is 0 Å². The smallest absolute Gasteiger partial charge is 0.416 e. The standard InChI is InChI=1S/C20H12F3N5.C20H15N5O/c21-20(22,23)17-9-5-4-6-13(17)10-14(11-24)18-16(12-25)19(26)28(27-18)15-7-2-1-3-8-15;1-26-18-10-6-5-7-14(18)11-15(12-21)19-17(13-22)20(23)25(24-19)16-8-3-2-4-9-16/h1-10H,26H2;2-11H,23H2,1H3/b14-10+;15-11+. The van der Waals surface area contributed by atoms with E-state index in [-0.39, 0.29) is 50.9 Å². The number of methoxy groups -OCH3 is 1. The fourth-order valence-corrected chi connectivity index (χ4v) is 5.28. The Labute approximate surface area is 307 Å². The van der Waals surface area contributed by atoms with E-state index in [1.807, 2.05) is 60.7 Å². The number of ether oxygens (including phenoxy) is 1. The number of nitriles is 4. The van der Waals surface area contributed by atoms with Crippen LogP contribution >= 0.6 is 0 Å². The Hall–Kier alpha value is -8.07. The molecular weight excluding hydrogens is 694 g/mol. The zero-order chi connectivity index (χ0) is 38.8. The molecule has 0 spiro atoms. The average Bonchev–Trinajstić information content (AvgIpc) is 3.71. The van der Waals surface area contributed by atoms with Gasteiger partial charge in [0, 0.05) is 5.56 Å². The predicted molar refractivity (Wildman–Crippen MR) is 197 cm³/mol. The van der Waals surface area contributed by atoms with Gasteiger partial charge in [0.05, 0.1) is 35.2 Å². The van der Waals surface area contributed by atoms with Gasteiger partial charge in [-0.25, -0.2) is 9.36 Å². The van der Waals surface area contributed by atoms with Crippen molar-refractivity contribution in [1.29, 1.82) is 21.0 Å². The first-order valence-electron chi connectivity index (χ1n) is 15.8. The van der Waals surface area contributed by atoms with Crippen molar-refractivity contribution in [1.82, 2.24) is 19.6 Å². The molecule has 0 unspecified atom stereocenters. The molecule has 4 aromatic carbocycles. The third-order valence-electron chi connectivity index (χ3n) is 7.82. The molecule has 4 N–H and O–H groups in total. The first-order valence-corrected chi connectivity index (χ1v) is 15.8. The second-order valence-corrected chi connectivity index (χ2v) is 11.1. The van der Waals surface area contributed by atoms with Gasteiger partial charge in [-0.05, 0) is 54.1 Å². The number of para-hydroxylation sites is 3. The number of aromatic nitrogens is 4. The highest BCUT2D eigenvalue weighted by atomic mass is 19.4. The van der Waals surface area contributed by atoms with E-state index in [4.69, 9.17) is 16.2 Å². The van der Waals surface area contributed by atoms with E-state index in [0.717, 1.165) is 12.1 Å². The van der Waals surface area contributed by atoms with Crippen molar-refractivity contribution in [3.63, 3.8) is 0 Å². The predicted octanol–water partition coefficient (Wildman–Crippen LogP) is 7.81. The zero-order valence-corrected chi connectivity index (χ0v) is 28.3. The van der Waals surface area contributed by atoms with E-state index >= 15 is 0 Å². The molecule has 6 aromatic rings. The molecule has 0 fully saturated rings. The number of hydrogen-bond acceptors (Lipinski definition) is 9. The number of hydrogen-bond donors (Lipinski definition) is 2. The van der Waals surface area contributed by atoms with Crippen LogP contribution in [0.3, 0.4) is 0 Å². The molecule has 2 heterocycles. The number of benzene rings is 4. The normalized spacial score (nSPS) is 11.3. The minimum absolute atomic E-state index is 0.00560. The van der Waals surface area contributed by atoms with Gasteiger partial charge in [-0.3, -0.25) is 0 Å². The van der Waals surface area contributed by atoms with E-state index in [9.17, 15) is 34.2 Å². The highest BCUT2D eigenvalue weighted by Gasteiger charge is 2.33. The van der Waals surface area contributed by atoms with Crippen LogP contribution in [0.25, 0.3) is 34.7 Å². The fourth-order valence-electron chi connectivity index (χ4n) is 5.28. The Balaban J connectivity index is 0.000000208. The van der Waals surface area contributed by atoms with Crippen molar-refractivity contribution in [2.45, 2.75) is 6.18 Å². The Morgan fingerprint density at radius 1 is 0.630 bits per heavy atom. The van der Waals surface area contributed by atoms with Crippen molar-refractivity contribution < 1.29 is 17.9 Å². The fraction of sp³-hybridized carbons (Fsp3) is 0.0500. The summed E-state index contributed by atoms with van der Waals surface area (Å²) in [6.07, 6.45) is -1.90. The van der Waals surface area contributed by atoms with Crippen molar-refractivity contribution in [3.8, 4) is 41.4 Å². The molecule has 14 heteroatoms. The second-order valence-electron chi connectivity index (χ2n) is 11.1. The van der Waals surface area contributed by atoms with Gasteiger partial charge >= 0.3 is 6.18 Å². The molecule has 0 atom stereocenters. The summed E-state index contributed by atoms with van der Waals surface area (Å²) in [5.41, 5.74) is 13.2. The van der Waals surface area contributed by atoms with E-state index < -0.39 is 11.7 Å². The summed E-state index contributed by atoms with van der Waals surface area (Å²) in [7, 11) is 1.56. The Morgan fingerprint density at radius 3 is 1.46 bits per heavy atom. The van der Waals surface area contributed by atoms with Crippen LogP contribution in [-0.4, -0.2) is 26.7 Å². The minimum Gasteiger partial charge on any atom is -0.496 e. The number of nitrogen functional groups attached to an aromatic ring is 2. The highest BCUT2D eigenvalue weighted by molar-refractivity contribution is 5.93. The van der Waals surface area contributed by atoms with Gasteiger partial charge in [0.15, 0.2) is 0 Å². The van der Waals surface area contributed by atoms with Crippen LogP contribution in [-0.2, 0) is 6.18 Å². The summed E-state index contributed by atoms with van der Waals surface area (Å²) in [5, 5.41) is 46.8. The third kappa shape index (κ3) is 7.79. The summed E-state index contributed by atoms with van der Waals surface area (Å²) in [4.78, 5) is 0. The molecule has 0 aliphatic rings. The van der Waals surface area contributed by atoms with E-state index in [0.29, 0.717) is 22.7 Å². The molecule has 0 aliphatic carbocycles. The van der Waals surface area contributed by atoms with Gasteiger partial charge in [0.25, 0.3) is 0 Å². The van der Waals surface area contributed by atoms with Crippen LogP contribution in [0.5, 0.6) is 5.75 Å².